The highest BCUT2D eigenvalue weighted by molar-refractivity contribution is 5.82. The zero-order valence-corrected chi connectivity index (χ0v) is 12.5. The van der Waals surface area contributed by atoms with Gasteiger partial charge in [0.05, 0.1) is 6.07 Å². The van der Waals surface area contributed by atoms with Gasteiger partial charge in [0.25, 0.3) is 0 Å². The SMILES string of the molecule is CN(C(=O)CCC(C)(C)C(N)=O)C1(C#N)CCNCC1. The molecule has 0 bridgehead atoms. The van der Waals surface area contributed by atoms with Crippen LogP contribution in [0.1, 0.15) is 39.5 Å². The molecule has 1 fully saturated rings. The fourth-order valence-electron chi connectivity index (χ4n) is 2.31. The summed E-state index contributed by atoms with van der Waals surface area (Å²) in [5.41, 5.74) is 3.88. The van der Waals surface area contributed by atoms with Gasteiger partial charge >= 0.3 is 0 Å². The molecule has 3 N–H and O–H groups in total. The number of nitrogens with zero attached hydrogens (tertiary/aromatic N) is 2. The van der Waals surface area contributed by atoms with Crippen molar-refractivity contribution in [2.45, 2.75) is 45.1 Å². The maximum Gasteiger partial charge on any atom is 0.223 e. The van der Waals surface area contributed by atoms with Crippen LogP contribution < -0.4 is 11.1 Å². The van der Waals surface area contributed by atoms with Crippen LogP contribution in [0.3, 0.4) is 0 Å². The Morgan fingerprint density at radius 2 is 1.95 bits per heavy atom. The molecule has 1 heterocycles. The molecule has 6 nitrogen and oxygen atoms in total. The van der Waals surface area contributed by atoms with E-state index in [1.54, 1.807) is 25.8 Å². The minimum atomic E-state index is -0.723. The van der Waals surface area contributed by atoms with Crippen LogP contribution in [0.2, 0.25) is 0 Å². The third-order valence-electron chi connectivity index (χ3n) is 4.29. The van der Waals surface area contributed by atoms with Crippen molar-refractivity contribution in [1.82, 2.24) is 10.2 Å². The molecule has 2 amide bonds. The monoisotopic (exact) mass is 280 g/mol. The Bertz CT molecular complexity index is 419. The molecule has 6 heteroatoms. The summed E-state index contributed by atoms with van der Waals surface area (Å²) in [7, 11) is 1.67. The van der Waals surface area contributed by atoms with Gasteiger partial charge in [0.2, 0.25) is 11.8 Å². The molecular formula is C14H24N4O2. The fourth-order valence-corrected chi connectivity index (χ4v) is 2.31. The Kier molecular flexibility index (Phi) is 5.12. The molecular weight excluding hydrogens is 256 g/mol. The van der Waals surface area contributed by atoms with Gasteiger partial charge in [0.1, 0.15) is 5.54 Å². The Balaban J connectivity index is 2.67. The molecule has 0 saturated carbocycles. The lowest BCUT2D eigenvalue weighted by atomic mass is 9.85. The lowest BCUT2D eigenvalue weighted by Crippen LogP contribution is -2.54. The van der Waals surface area contributed by atoms with Gasteiger partial charge in [-0.1, -0.05) is 13.8 Å². The highest BCUT2D eigenvalue weighted by atomic mass is 16.2. The summed E-state index contributed by atoms with van der Waals surface area (Å²) < 4.78 is 0. The molecule has 1 rings (SSSR count). The van der Waals surface area contributed by atoms with Gasteiger partial charge in [-0.05, 0) is 32.4 Å². The molecule has 0 atom stereocenters. The van der Waals surface area contributed by atoms with Crippen molar-refractivity contribution in [3.63, 3.8) is 0 Å². The summed E-state index contributed by atoms with van der Waals surface area (Å²) in [5, 5.41) is 12.6. The summed E-state index contributed by atoms with van der Waals surface area (Å²) in [6, 6.07) is 2.29. The molecule has 0 aromatic rings. The lowest BCUT2D eigenvalue weighted by molar-refractivity contribution is -0.136. The third kappa shape index (κ3) is 3.48. The van der Waals surface area contributed by atoms with E-state index >= 15 is 0 Å². The maximum absolute atomic E-state index is 12.3. The molecule has 112 valence electrons. The number of nitrogens with two attached hydrogens (primary N) is 1. The number of primary amides is 1. The van der Waals surface area contributed by atoms with Crippen LogP contribution in [0.25, 0.3) is 0 Å². The minimum absolute atomic E-state index is 0.109. The average molecular weight is 280 g/mol. The van der Waals surface area contributed by atoms with Crippen LogP contribution in [-0.2, 0) is 9.59 Å². The number of carbonyl (C=O) groups is 2. The molecule has 1 aliphatic rings. The van der Waals surface area contributed by atoms with Gasteiger partial charge in [-0.3, -0.25) is 9.59 Å². The van der Waals surface area contributed by atoms with Crippen LogP contribution in [0.15, 0.2) is 0 Å². The zero-order chi connectivity index (χ0) is 15.4. The van der Waals surface area contributed by atoms with Gasteiger partial charge in [0, 0.05) is 18.9 Å². The third-order valence-corrected chi connectivity index (χ3v) is 4.29. The van der Waals surface area contributed by atoms with E-state index in [1.807, 2.05) is 0 Å². The molecule has 1 saturated heterocycles. The van der Waals surface area contributed by atoms with Gasteiger partial charge in [0.15, 0.2) is 0 Å². The standard InChI is InChI=1S/C14H24N4O2/c1-13(2,12(16)20)5-4-11(19)18(3)14(10-15)6-8-17-9-7-14/h17H,4-9H2,1-3H3,(H2,16,20). The second kappa shape index (κ2) is 6.23. The van der Waals surface area contributed by atoms with Crippen LogP contribution in [-0.4, -0.2) is 42.4 Å². The van der Waals surface area contributed by atoms with E-state index in [1.165, 1.54) is 0 Å². The van der Waals surface area contributed by atoms with Gasteiger partial charge < -0.3 is 16.0 Å². The first-order valence-corrected chi connectivity index (χ1v) is 6.94. The summed E-state index contributed by atoms with van der Waals surface area (Å²) in [5.74, 6) is -0.521. The number of nitrogens with one attached hydrogen (secondary N) is 1. The van der Waals surface area contributed by atoms with E-state index in [4.69, 9.17) is 5.73 Å². The molecule has 1 aliphatic heterocycles. The first-order chi connectivity index (χ1) is 9.25. The molecule has 0 radical (unpaired) electrons. The second-order valence-corrected chi connectivity index (χ2v) is 6.09. The van der Waals surface area contributed by atoms with Crippen molar-refractivity contribution < 1.29 is 9.59 Å². The highest BCUT2D eigenvalue weighted by Gasteiger charge is 2.39. The van der Waals surface area contributed by atoms with Crippen molar-refractivity contribution in [3.8, 4) is 6.07 Å². The fraction of sp³-hybridized carbons (Fsp3) is 0.786. The molecule has 0 aromatic carbocycles. The number of hydrogen-bond acceptors (Lipinski definition) is 4. The van der Waals surface area contributed by atoms with Crippen LogP contribution in [0.4, 0.5) is 0 Å². The van der Waals surface area contributed by atoms with Crippen LogP contribution in [0, 0.1) is 16.7 Å². The van der Waals surface area contributed by atoms with E-state index in [2.05, 4.69) is 11.4 Å². The quantitative estimate of drug-likeness (QED) is 0.760. The minimum Gasteiger partial charge on any atom is -0.369 e. The maximum atomic E-state index is 12.3. The topological polar surface area (TPSA) is 99.2 Å². The van der Waals surface area contributed by atoms with Crippen molar-refractivity contribution in [2.75, 3.05) is 20.1 Å². The highest BCUT2D eigenvalue weighted by Crippen LogP contribution is 2.27. The van der Waals surface area contributed by atoms with Crippen molar-refractivity contribution >= 4 is 11.8 Å². The molecule has 0 aliphatic carbocycles. The van der Waals surface area contributed by atoms with Crippen LogP contribution in [0.5, 0.6) is 0 Å². The zero-order valence-electron chi connectivity index (χ0n) is 12.5. The number of nitriles is 1. The smallest absolute Gasteiger partial charge is 0.223 e. The average Bonchev–Trinajstić information content (AvgIpc) is 2.44. The Hall–Kier alpha value is -1.61. The lowest BCUT2D eigenvalue weighted by Gasteiger charge is -2.39. The molecule has 0 unspecified atom stereocenters. The van der Waals surface area contributed by atoms with E-state index in [0.717, 1.165) is 13.1 Å². The van der Waals surface area contributed by atoms with Gasteiger partial charge in [-0.2, -0.15) is 5.26 Å². The number of rotatable bonds is 5. The summed E-state index contributed by atoms with van der Waals surface area (Å²) in [6.07, 6.45) is 1.88. The van der Waals surface area contributed by atoms with Crippen molar-refractivity contribution in [3.05, 3.63) is 0 Å². The summed E-state index contributed by atoms with van der Waals surface area (Å²) in [6.45, 7) is 4.93. The van der Waals surface area contributed by atoms with Gasteiger partial charge in [-0.25, -0.2) is 0 Å². The van der Waals surface area contributed by atoms with E-state index in [9.17, 15) is 14.9 Å². The Labute approximate surface area is 120 Å². The predicted octanol–water partition coefficient (Wildman–Crippen LogP) is 0.382. The molecule has 20 heavy (non-hydrogen) atoms. The van der Waals surface area contributed by atoms with Gasteiger partial charge in [-0.15, -0.1) is 0 Å². The largest absolute Gasteiger partial charge is 0.369 e. The van der Waals surface area contributed by atoms with E-state index in [-0.39, 0.29) is 12.3 Å². The normalized spacial score (nSPS) is 18.1. The van der Waals surface area contributed by atoms with Crippen molar-refractivity contribution in [1.29, 1.82) is 5.26 Å². The predicted molar refractivity (Wildman–Crippen MR) is 75.4 cm³/mol. The number of carbonyl (C=O) groups excluding carboxylic acids is 2. The Morgan fingerprint density at radius 1 is 1.40 bits per heavy atom. The molecule has 0 spiro atoms. The summed E-state index contributed by atoms with van der Waals surface area (Å²) >= 11 is 0. The first-order valence-electron chi connectivity index (χ1n) is 6.94. The summed E-state index contributed by atoms with van der Waals surface area (Å²) in [4.78, 5) is 25.1. The van der Waals surface area contributed by atoms with E-state index in [0.29, 0.717) is 19.3 Å². The number of piperidine rings is 1. The number of hydrogen-bond donors (Lipinski definition) is 2. The second-order valence-electron chi connectivity index (χ2n) is 6.09. The first kappa shape index (κ1) is 16.4. The Morgan fingerprint density at radius 3 is 2.40 bits per heavy atom. The van der Waals surface area contributed by atoms with E-state index < -0.39 is 16.9 Å². The van der Waals surface area contributed by atoms with Crippen molar-refractivity contribution in [2.24, 2.45) is 11.1 Å². The number of amides is 2. The molecule has 0 aromatic heterocycles. The van der Waals surface area contributed by atoms with Crippen LogP contribution >= 0.6 is 0 Å².